The molecule has 2 heterocycles. The zero-order valence-electron chi connectivity index (χ0n) is 22.5. The van der Waals surface area contributed by atoms with E-state index in [4.69, 9.17) is 11.5 Å². The number of carbonyl (C=O) groups excluding carboxylic acids is 4. The van der Waals surface area contributed by atoms with Crippen molar-refractivity contribution in [3.63, 3.8) is 0 Å². The quantitative estimate of drug-likeness (QED) is 0.115. The second kappa shape index (κ2) is 13.5. The molecule has 0 aromatic carbocycles. The van der Waals surface area contributed by atoms with E-state index >= 15 is 0 Å². The fraction of sp³-hybridized carbons (Fsp3) is 0.739. The number of aliphatic imine (C=N–C) groups is 1. The zero-order chi connectivity index (χ0) is 29.6. The summed E-state index contributed by atoms with van der Waals surface area (Å²) in [5, 5.41) is 40.8. The molecular weight excluding hydrogens is 516 g/mol. The van der Waals surface area contributed by atoms with Crippen LogP contribution in [0.5, 0.6) is 0 Å². The Kier molecular flexibility index (Phi) is 11.0. The third-order valence-corrected chi connectivity index (χ3v) is 6.80. The lowest BCUT2D eigenvalue weighted by Gasteiger charge is -2.36. The van der Waals surface area contributed by atoms with Gasteiger partial charge in [0.15, 0.2) is 5.96 Å². The Hall–Kier alpha value is -3.50. The summed E-state index contributed by atoms with van der Waals surface area (Å²) in [6.45, 7) is 6.32. The first-order chi connectivity index (χ1) is 18.1. The predicted molar refractivity (Wildman–Crippen MR) is 138 cm³/mol. The first kappa shape index (κ1) is 31.7. The molecule has 0 spiro atoms. The second-order valence-corrected chi connectivity index (χ2v) is 10.3. The lowest BCUT2D eigenvalue weighted by molar-refractivity contribution is -0.143. The van der Waals surface area contributed by atoms with E-state index in [2.05, 4.69) is 26.3 Å². The van der Waals surface area contributed by atoms with Gasteiger partial charge < -0.3 is 42.7 Å². The molecule has 2 aliphatic rings. The summed E-state index contributed by atoms with van der Waals surface area (Å²) >= 11 is 0. The molecule has 0 aromatic rings. The van der Waals surface area contributed by atoms with E-state index in [1.54, 1.807) is 20.8 Å². The summed E-state index contributed by atoms with van der Waals surface area (Å²) < 4.78 is 0. The van der Waals surface area contributed by atoms with Crippen LogP contribution in [0.2, 0.25) is 0 Å². The Bertz CT molecular complexity index is 976. The molecule has 39 heavy (non-hydrogen) atoms. The highest BCUT2D eigenvalue weighted by Gasteiger charge is 2.39. The van der Waals surface area contributed by atoms with Crippen molar-refractivity contribution in [2.75, 3.05) is 6.54 Å². The van der Waals surface area contributed by atoms with Gasteiger partial charge in [-0.3, -0.25) is 24.6 Å². The van der Waals surface area contributed by atoms with Crippen LogP contribution in [-0.4, -0.2) is 111 Å². The van der Waals surface area contributed by atoms with Crippen LogP contribution in [0.3, 0.4) is 0 Å². The van der Waals surface area contributed by atoms with Gasteiger partial charge in [-0.05, 0) is 32.6 Å². The van der Waals surface area contributed by atoms with Gasteiger partial charge in [0.05, 0.1) is 36.9 Å². The van der Waals surface area contributed by atoms with Crippen LogP contribution in [0.1, 0.15) is 47.0 Å². The van der Waals surface area contributed by atoms with Gasteiger partial charge in [0.25, 0.3) is 0 Å². The number of piperazine rings is 1. The highest BCUT2D eigenvalue weighted by atomic mass is 16.4. The summed E-state index contributed by atoms with van der Waals surface area (Å²) in [6.07, 6.45) is -2.37. The first-order valence-electron chi connectivity index (χ1n) is 12.8. The molecular formula is C23H40N8O8. The Morgan fingerprint density at radius 3 is 2.33 bits per heavy atom. The summed E-state index contributed by atoms with van der Waals surface area (Å²) in [5.74, 6) is -3.30. The summed E-state index contributed by atoms with van der Waals surface area (Å²) in [7, 11) is 0. The molecule has 1 saturated heterocycles. The largest absolute Gasteiger partial charge is 0.480 e. The molecule has 0 aliphatic carbocycles. The van der Waals surface area contributed by atoms with Gasteiger partial charge in [-0.2, -0.15) is 0 Å². The molecule has 5 amide bonds. The van der Waals surface area contributed by atoms with Gasteiger partial charge in [-0.15, -0.1) is 0 Å². The Morgan fingerprint density at radius 2 is 1.79 bits per heavy atom. The SMILES string of the molecule is CC(C)[C@H](NC(=O)[C@H](C)NC(=O)[C@@H]1N[C@H](C)C(=O)N[C@@H]1CC[C@@H](O)[C@@H](O)C[C@H]1CN(C(N)=O)C(N)=N1)C(=O)O. The van der Waals surface area contributed by atoms with Gasteiger partial charge in [0.2, 0.25) is 17.7 Å². The minimum Gasteiger partial charge on any atom is -0.480 e. The average molecular weight is 557 g/mol. The monoisotopic (exact) mass is 556 g/mol. The second-order valence-electron chi connectivity index (χ2n) is 10.3. The fourth-order valence-corrected chi connectivity index (χ4v) is 4.42. The number of hydrogen-bond donors (Lipinski definition) is 9. The van der Waals surface area contributed by atoms with E-state index in [1.807, 2.05) is 0 Å². The molecule has 16 nitrogen and oxygen atoms in total. The van der Waals surface area contributed by atoms with Crippen molar-refractivity contribution in [3.8, 4) is 0 Å². The maximum absolute atomic E-state index is 13.1. The van der Waals surface area contributed by atoms with Crippen molar-refractivity contribution in [1.82, 2.24) is 26.2 Å². The van der Waals surface area contributed by atoms with Crippen molar-refractivity contribution in [1.29, 1.82) is 0 Å². The molecule has 16 heteroatoms. The minimum absolute atomic E-state index is 0.00211. The zero-order valence-corrected chi connectivity index (χ0v) is 22.5. The van der Waals surface area contributed by atoms with Gasteiger partial charge in [-0.1, -0.05) is 13.8 Å². The number of carboxylic acids is 1. The number of nitrogens with one attached hydrogen (secondary N) is 4. The van der Waals surface area contributed by atoms with E-state index in [9.17, 15) is 39.3 Å². The van der Waals surface area contributed by atoms with Gasteiger partial charge in [0, 0.05) is 6.42 Å². The van der Waals surface area contributed by atoms with Crippen molar-refractivity contribution < 1.29 is 39.3 Å². The molecule has 11 N–H and O–H groups in total. The van der Waals surface area contributed by atoms with Crippen molar-refractivity contribution in [2.24, 2.45) is 22.4 Å². The molecule has 0 saturated carbocycles. The highest BCUT2D eigenvalue weighted by Crippen LogP contribution is 2.18. The molecule has 1 fully saturated rings. The topological polar surface area (TPSA) is 262 Å². The predicted octanol–water partition coefficient (Wildman–Crippen LogP) is -3.47. The van der Waals surface area contributed by atoms with Crippen LogP contribution in [-0.2, 0) is 19.2 Å². The number of nitrogens with two attached hydrogens (primary N) is 2. The number of primary amides is 1. The molecule has 2 rings (SSSR count). The van der Waals surface area contributed by atoms with Crippen LogP contribution < -0.4 is 32.7 Å². The average Bonchev–Trinajstić information content (AvgIpc) is 3.21. The molecule has 8 atom stereocenters. The minimum atomic E-state index is -1.24. The molecule has 220 valence electrons. The normalized spacial score (nSPS) is 26.2. The number of aliphatic hydroxyl groups excluding tert-OH is 2. The molecule has 0 aromatic heterocycles. The standard InChI is InChI=1S/C23H40N8O8/c1-9(2)16(21(37)38)30-19(35)11(4)27-20(36)17-13(29-18(34)10(3)26-17)5-6-14(32)15(33)7-12-8-31(23(25)39)22(24)28-12/h9-17,26,32-33H,5-8H2,1-4H3,(H2,24,28)(H2,25,39)(H,27,36)(H,29,34)(H,30,35)(H,37,38)/t10-,11+,12+,13-,14-,15+,16+,17-/m1/s1. The molecule has 2 aliphatic heterocycles. The van der Waals surface area contributed by atoms with Crippen molar-refractivity contribution >= 4 is 35.7 Å². The number of carboxylic acid groups (broad SMARTS) is 1. The smallest absolute Gasteiger partial charge is 0.326 e. The van der Waals surface area contributed by atoms with Crippen LogP contribution in [0.15, 0.2) is 4.99 Å². The lowest BCUT2D eigenvalue weighted by atomic mass is 9.93. The molecule has 0 bridgehead atoms. The number of amides is 5. The van der Waals surface area contributed by atoms with Gasteiger partial charge in [-0.25, -0.2) is 14.6 Å². The van der Waals surface area contributed by atoms with Crippen molar-refractivity contribution in [3.05, 3.63) is 0 Å². The molecule has 0 radical (unpaired) electrons. The maximum atomic E-state index is 13.1. The van der Waals surface area contributed by atoms with E-state index in [0.29, 0.717) is 0 Å². The number of guanidine groups is 1. The summed E-state index contributed by atoms with van der Waals surface area (Å²) in [4.78, 5) is 65.7. The third-order valence-electron chi connectivity index (χ3n) is 6.80. The van der Waals surface area contributed by atoms with E-state index < -0.39 is 72.3 Å². The van der Waals surface area contributed by atoms with Gasteiger partial charge in [0.1, 0.15) is 18.1 Å². The van der Waals surface area contributed by atoms with Crippen LogP contribution in [0, 0.1) is 5.92 Å². The van der Waals surface area contributed by atoms with E-state index in [0.717, 1.165) is 4.90 Å². The number of urea groups is 1. The number of hydrogen-bond acceptors (Lipinski definition) is 10. The number of aliphatic carboxylic acids is 1. The first-order valence-corrected chi connectivity index (χ1v) is 12.8. The van der Waals surface area contributed by atoms with Crippen LogP contribution in [0.25, 0.3) is 0 Å². The van der Waals surface area contributed by atoms with Crippen LogP contribution in [0.4, 0.5) is 4.79 Å². The van der Waals surface area contributed by atoms with Crippen LogP contribution >= 0.6 is 0 Å². The Balaban J connectivity index is 1.97. The maximum Gasteiger partial charge on any atom is 0.326 e. The lowest BCUT2D eigenvalue weighted by Crippen LogP contribution is -2.68. The third kappa shape index (κ3) is 8.49. The highest BCUT2D eigenvalue weighted by molar-refractivity contribution is 5.96. The number of carbonyl (C=O) groups is 5. The van der Waals surface area contributed by atoms with E-state index in [1.165, 1.54) is 6.92 Å². The number of nitrogens with zero attached hydrogens (tertiary/aromatic N) is 2. The number of rotatable bonds is 12. The number of aliphatic hydroxyl groups is 2. The Labute approximate surface area is 225 Å². The summed E-state index contributed by atoms with van der Waals surface area (Å²) in [5.41, 5.74) is 10.9. The molecule has 0 unspecified atom stereocenters. The van der Waals surface area contributed by atoms with Crippen molar-refractivity contribution in [2.45, 2.75) is 95.4 Å². The Morgan fingerprint density at radius 1 is 1.15 bits per heavy atom. The van der Waals surface area contributed by atoms with Gasteiger partial charge >= 0.3 is 12.0 Å². The fourth-order valence-electron chi connectivity index (χ4n) is 4.42. The van der Waals surface area contributed by atoms with E-state index in [-0.39, 0.29) is 43.6 Å². The summed E-state index contributed by atoms with van der Waals surface area (Å²) in [6, 6.07) is -5.99.